The van der Waals surface area contributed by atoms with Crippen LogP contribution in [0.15, 0.2) is 48.9 Å². The van der Waals surface area contributed by atoms with Crippen molar-refractivity contribution in [1.29, 1.82) is 0 Å². The number of amides is 1. The van der Waals surface area contributed by atoms with Crippen molar-refractivity contribution in [1.82, 2.24) is 29.5 Å². The molecule has 2 N–H and O–H groups in total. The molecule has 0 atom stereocenters. The minimum Gasteiger partial charge on any atom is -0.493 e. The molecular weight excluding hydrogens is 611 g/mol. The van der Waals surface area contributed by atoms with Crippen LogP contribution in [0, 0.1) is 11.7 Å². The third-order valence-electron chi connectivity index (χ3n) is 10.7. The Bertz CT molecular complexity index is 1760. The standard InChI is InChI=1S/C36H45FN8O3/c1-47-31-20-26-10-15-44(14-5-13-38)36(29(26)21-32(31)48-2)11-8-25(9-12-36)35(46)43-18-16-42(17-19-43)33-28-22-41-45(34(28)40-24-39-33)23-27-6-3-4-7-30(27)37/h3-4,6-7,20-22,24-25H,5,8-19,23,38H2,1-2H3/t25-,36-. The summed E-state index contributed by atoms with van der Waals surface area (Å²) in [5, 5.41) is 5.34. The fourth-order valence-electron chi connectivity index (χ4n) is 8.17. The summed E-state index contributed by atoms with van der Waals surface area (Å²) in [5.41, 5.74) is 9.67. The van der Waals surface area contributed by atoms with Crippen LogP contribution in [-0.4, -0.2) is 95.5 Å². The number of rotatable bonds is 9. The van der Waals surface area contributed by atoms with Gasteiger partial charge in [-0.05, 0) is 74.4 Å². The Morgan fingerprint density at radius 1 is 1.02 bits per heavy atom. The minimum absolute atomic E-state index is 0.00595. The van der Waals surface area contributed by atoms with Gasteiger partial charge in [0.1, 0.15) is 18.0 Å². The Labute approximate surface area is 280 Å². The van der Waals surface area contributed by atoms with Crippen molar-refractivity contribution < 1.29 is 18.7 Å². The topological polar surface area (TPSA) is 115 Å². The number of hydrogen-bond acceptors (Lipinski definition) is 9. The fraction of sp³-hybridized carbons (Fsp3) is 0.500. The number of benzene rings is 2. The predicted molar refractivity (Wildman–Crippen MR) is 182 cm³/mol. The van der Waals surface area contributed by atoms with E-state index in [9.17, 15) is 9.18 Å². The van der Waals surface area contributed by atoms with Crippen LogP contribution in [0.4, 0.5) is 10.2 Å². The largest absolute Gasteiger partial charge is 0.493 e. The molecule has 3 aliphatic rings. The highest BCUT2D eigenvalue weighted by molar-refractivity contribution is 5.87. The van der Waals surface area contributed by atoms with Gasteiger partial charge in [-0.25, -0.2) is 19.0 Å². The van der Waals surface area contributed by atoms with E-state index in [1.807, 2.05) is 11.0 Å². The van der Waals surface area contributed by atoms with Gasteiger partial charge in [-0.3, -0.25) is 9.69 Å². The van der Waals surface area contributed by atoms with Gasteiger partial charge in [0, 0.05) is 56.3 Å². The molecule has 11 nitrogen and oxygen atoms in total. The molecule has 254 valence electrons. The van der Waals surface area contributed by atoms with E-state index in [4.69, 9.17) is 15.2 Å². The Morgan fingerprint density at radius 3 is 2.50 bits per heavy atom. The van der Waals surface area contributed by atoms with E-state index in [1.54, 1.807) is 43.6 Å². The molecule has 2 aliphatic heterocycles. The van der Waals surface area contributed by atoms with Crippen molar-refractivity contribution in [3.05, 3.63) is 71.4 Å². The lowest BCUT2D eigenvalue weighted by molar-refractivity contribution is -0.138. The molecule has 1 saturated carbocycles. The normalized spacial score (nSPS) is 21.5. The maximum Gasteiger partial charge on any atom is 0.225 e. The number of aromatic nitrogens is 4. The molecule has 48 heavy (non-hydrogen) atoms. The quantitative estimate of drug-likeness (QED) is 0.286. The van der Waals surface area contributed by atoms with Crippen molar-refractivity contribution in [2.24, 2.45) is 11.7 Å². The van der Waals surface area contributed by atoms with Gasteiger partial charge in [0.2, 0.25) is 5.91 Å². The van der Waals surface area contributed by atoms with Gasteiger partial charge in [0.25, 0.3) is 0 Å². The number of ether oxygens (including phenoxy) is 2. The van der Waals surface area contributed by atoms with Gasteiger partial charge in [-0.2, -0.15) is 5.10 Å². The number of piperazine rings is 1. The van der Waals surface area contributed by atoms with Gasteiger partial charge in [-0.1, -0.05) is 18.2 Å². The van der Waals surface area contributed by atoms with E-state index < -0.39 is 0 Å². The third kappa shape index (κ3) is 5.85. The van der Waals surface area contributed by atoms with Crippen LogP contribution in [0.25, 0.3) is 11.0 Å². The molecule has 1 aliphatic carbocycles. The van der Waals surface area contributed by atoms with Gasteiger partial charge in [0.05, 0.1) is 32.3 Å². The number of anilines is 1. The van der Waals surface area contributed by atoms with E-state index in [0.717, 1.165) is 74.3 Å². The van der Waals surface area contributed by atoms with Crippen LogP contribution in [0.3, 0.4) is 0 Å². The Morgan fingerprint density at radius 2 is 1.77 bits per heavy atom. The molecule has 7 rings (SSSR count). The number of nitrogens with two attached hydrogens (primary N) is 1. The number of carbonyl (C=O) groups is 1. The number of fused-ring (bicyclic) bond motifs is 3. The monoisotopic (exact) mass is 656 g/mol. The number of methoxy groups -OCH3 is 2. The van der Waals surface area contributed by atoms with E-state index in [-0.39, 0.29) is 29.7 Å². The smallest absolute Gasteiger partial charge is 0.225 e. The summed E-state index contributed by atoms with van der Waals surface area (Å²) < 4.78 is 27.4. The summed E-state index contributed by atoms with van der Waals surface area (Å²) in [6.07, 6.45) is 8.74. The molecule has 1 amide bonds. The number of nitrogens with zero attached hydrogens (tertiary/aromatic N) is 7. The number of halogens is 1. The molecule has 4 heterocycles. The second kappa shape index (κ2) is 13.7. The molecule has 0 radical (unpaired) electrons. The van der Waals surface area contributed by atoms with Crippen LogP contribution in [0.2, 0.25) is 0 Å². The molecule has 0 bridgehead atoms. The lowest BCUT2D eigenvalue weighted by atomic mass is 9.68. The fourth-order valence-corrected chi connectivity index (χ4v) is 8.17. The lowest BCUT2D eigenvalue weighted by Gasteiger charge is -2.52. The Kier molecular flexibility index (Phi) is 9.19. The second-order valence-electron chi connectivity index (χ2n) is 13.2. The van der Waals surface area contributed by atoms with E-state index in [1.165, 1.54) is 17.2 Å². The molecule has 1 spiro atoms. The van der Waals surface area contributed by atoms with Crippen LogP contribution in [-0.2, 0) is 23.3 Å². The zero-order valence-corrected chi connectivity index (χ0v) is 27.9. The van der Waals surface area contributed by atoms with Crippen molar-refractivity contribution in [3.63, 3.8) is 0 Å². The van der Waals surface area contributed by atoms with Crippen molar-refractivity contribution in [3.8, 4) is 11.5 Å². The van der Waals surface area contributed by atoms with Gasteiger partial charge in [-0.15, -0.1) is 0 Å². The van der Waals surface area contributed by atoms with Crippen LogP contribution in [0.1, 0.15) is 48.8 Å². The number of hydrogen-bond donors (Lipinski definition) is 1. The summed E-state index contributed by atoms with van der Waals surface area (Å²) in [6, 6.07) is 11.0. The first kappa shape index (κ1) is 32.3. The summed E-state index contributed by atoms with van der Waals surface area (Å²) in [7, 11) is 3.38. The summed E-state index contributed by atoms with van der Waals surface area (Å²) in [4.78, 5) is 29.9. The zero-order valence-electron chi connectivity index (χ0n) is 27.9. The molecular formula is C36H45FN8O3. The van der Waals surface area contributed by atoms with Crippen molar-refractivity contribution in [2.45, 2.75) is 50.6 Å². The average molecular weight is 657 g/mol. The summed E-state index contributed by atoms with van der Waals surface area (Å²) in [5.74, 6) is 2.32. The molecule has 1 saturated heterocycles. The molecule has 2 aromatic heterocycles. The summed E-state index contributed by atoms with van der Waals surface area (Å²) >= 11 is 0. The van der Waals surface area contributed by atoms with Crippen LogP contribution in [0.5, 0.6) is 11.5 Å². The summed E-state index contributed by atoms with van der Waals surface area (Å²) in [6.45, 7) is 5.49. The lowest BCUT2D eigenvalue weighted by Crippen LogP contribution is -2.55. The van der Waals surface area contributed by atoms with Crippen molar-refractivity contribution in [2.75, 3.05) is 64.9 Å². The van der Waals surface area contributed by atoms with E-state index in [2.05, 4.69) is 37.0 Å². The molecule has 12 heteroatoms. The van der Waals surface area contributed by atoms with E-state index in [0.29, 0.717) is 43.9 Å². The minimum atomic E-state index is -0.266. The highest BCUT2D eigenvalue weighted by Crippen LogP contribution is 2.50. The molecule has 2 aromatic carbocycles. The SMILES string of the molecule is COc1cc2c(cc1OC)[C@]1(CC[C@@H](C(=O)N3CCN(c4ncnc5c4cnn5Cc4ccccc4F)CC3)CC1)N(CCCN)CC2. The van der Waals surface area contributed by atoms with E-state index >= 15 is 0 Å². The Balaban J connectivity index is 1.02. The van der Waals surface area contributed by atoms with Crippen LogP contribution >= 0.6 is 0 Å². The maximum atomic E-state index is 14.3. The molecule has 2 fully saturated rings. The molecule has 0 unspecified atom stereocenters. The van der Waals surface area contributed by atoms with Crippen molar-refractivity contribution >= 4 is 22.8 Å². The van der Waals surface area contributed by atoms with Crippen LogP contribution < -0.4 is 20.1 Å². The highest BCUT2D eigenvalue weighted by Gasteiger charge is 2.47. The first-order chi connectivity index (χ1) is 23.5. The zero-order chi connectivity index (χ0) is 33.3. The third-order valence-corrected chi connectivity index (χ3v) is 10.7. The predicted octanol–water partition coefficient (Wildman–Crippen LogP) is 3.97. The van der Waals surface area contributed by atoms with Gasteiger partial charge < -0.3 is 25.0 Å². The van der Waals surface area contributed by atoms with Gasteiger partial charge >= 0.3 is 0 Å². The van der Waals surface area contributed by atoms with Gasteiger partial charge in [0.15, 0.2) is 17.1 Å². The first-order valence-corrected chi connectivity index (χ1v) is 17.1. The first-order valence-electron chi connectivity index (χ1n) is 17.1. The second-order valence-corrected chi connectivity index (χ2v) is 13.2. The molecule has 4 aromatic rings. The average Bonchev–Trinajstić information content (AvgIpc) is 3.54. The number of carbonyl (C=O) groups excluding carboxylic acids is 1. The maximum absolute atomic E-state index is 14.3. The highest BCUT2D eigenvalue weighted by atomic mass is 19.1. The Hall–Kier alpha value is -4.29.